The molecule has 0 aromatic rings. The maximum Gasteiger partial charge on any atom is 0.235 e. The molecule has 16 heavy (non-hydrogen) atoms. The number of nitrogens with two attached hydrogens (primary N) is 1. The number of amides is 2. The molecule has 0 aliphatic carbocycles. The molecule has 0 bridgehead atoms. The van der Waals surface area contributed by atoms with Gasteiger partial charge in [0.2, 0.25) is 11.8 Å². The normalized spacial score (nSPS) is 12.6. The first-order valence-electron chi connectivity index (χ1n) is 5.22. The van der Waals surface area contributed by atoms with Gasteiger partial charge in [0.1, 0.15) is 0 Å². The first-order chi connectivity index (χ1) is 7.34. The Bertz CT molecular complexity index is 241. The van der Waals surface area contributed by atoms with Crippen LogP contribution in [0.5, 0.6) is 0 Å². The first kappa shape index (κ1) is 14.9. The van der Waals surface area contributed by atoms with Gasteiger partial charge in [-0.25, -0.2) is 0 Å². The van der Waals surface area contributed by atoms with E-state index < -0.39 is 11.9 Å². The molecule has 1 atom stereocenters. The third-order valence-electron chi connectivity index (χ3n) is 2.17. The van der Waals surface area contributed by atoms with Gasteiger partial charge in [-0.2, -0.15) is 0 Å². The summed E-state index contributed by atoms with van der Waals surface area (Å²) in [6, 6.07) is -0.588. The lowest BCUT2D eigenvalue weighted by Gasteiger charge is -2.18. The molecule has 0 radical (unpaired) electrons. The Morgan fingerprint density at radius 3 is 2.19 bits per heavy atom. The predicted molar refractivity (Wildman–Crippen MR) is 62.9 cm³/mol. The molecular formula is C10H22N4O2. The zero-order chi connectivity index (χ0) is 12.7. The van der Waals surface area contributed by atoms with Crippen LogP contribution in [-0.2, 0) is 9.59 Å². The average Bonchev–Trinajstić information content (AvgIpc) is 2.14. The van der Waals surface area contributed by atoms with Gasteiger partial charge in [0, 0.05) is 27.2 Å². The van der Waals surface area contributed by atoms with Crippen molar-refractivity contribution in [2.24, 2.45) is 5.73 Å². The summed E-state index contributed by atoms with van der Waals surface area (Å²) in [6.45, 7) is 1.42. The molecule has 0 aromatic carbocycles. The molecule has 0 heterocycles. The number of hydrogen-bond donors (Lipinski definition) is 2. The van der Waals surface area contributed by atoms with Crippen molar-refractivity contribution in [3.63, 3.8) is 0 Å². The Morgan fingerprint density at radius 1 is 1.25 bits per heavy atom. The summed E-state index contributed by atoms with van der Waals surface area (Å²) in [5.41, 5.74) is 5.22. The predicted octanol–water partition coefficient (Wildman–Crippen LogP) is -1.53. The standard InChI is InChI=1S/C10H22N4O2/c1-13(2)6-5-12-8(10(11)16)7-9(15)14(3)4/h8,12H,5-7H2,1-4H3,(H2,11,16). The van der Waals surface area contributed by atoms with Gasteiger partial charge in [0.25, 0.3) is 0 Å². The zero-order valence-corrected chi connectivity index (χ0v) is 10.5. The van der Waals surface area contributed by atoms with Gasteiger partial charge in [-0.1, -0.05) is 0 Å². The van der Waals surface area contributed by atoms with Crippen molar-refractivity contribution in [2.45, 2.75) is 12.5 Å². The SMILES string of the molecule is CN(C)CCNC(CC(=O)N(C)C)C(N)=O. The van der Waals surface area contributed by atoms with Crippen LogP contribution in [0, 0.1) is 0 Å². The maximum absolute atomic E-state index is 11.4. The Morgan fingerprint density at radius 2 is 1.81 bits per heavy atom. The molecular weight excluding hydrogens is 208 g/mol. The second-order valence-electron chi connectivity index (χ2n) is 4.20. The summed E-state index contributed by atoms with van der Waals surface area (Å²) in [5.74, 6) is -0.602. The van der Waals surface area contributed by atoms with Crippen LogP contribution in [-0.4, -0.2) is 68.9 Å². The van der Waals surface area contributed by atoms with Gasteiger partial charge in [-0.3, -0.25) is 9.59 Å². The van der Waals surface area contributed by atoms with Crippen molar-refractivity contribution in [1.29, 1.82) is 0 Å². The fraction of sp³-hybridized carbons (Fsp3) is 0.800. The van der Waals surface area contributed by atoms with Crippen LogP contribution in [0.3, 0.4) is 0 Å². The molecule has 0 fully saturated rings. The highest BCUT2D eigenvalue weighted by molar-refractivity contribution is 5.87. The third-order valence-corrected chi connectivity index (χ3v) is 2.17. The van der Waals surface area contributed by atoms with E-state index in [1.165, 1.54) is 4.90 Å². The highest BCUT2D eigenvalue weighted by Crippen LogP contribution is 1.95. The van der Waals surface area contributed by atoms with E-state index in [4.69, 9.17) is 5.73 Å². The molecule has 6 heteroatoms. The number of nitrogens with zero attached hydrogens (tertiary/aromatic N) is 2. The number of hydrogen-bond acceptors (Lipinski definition) is 4. The molecule has 0 aliphatic rings. The van der Waals surface area contributed by atoms with E-state index in [2.05, 4.69) is 5.32 Å². The van der Waals surface area contributed by atoms with Crippen molar-refractivity contribution >= 4 is 11.8 Å². The molecule has 0 saturated carbocycles. The monoisotopic (exact) mass is 230 g/mol. The van der Waals surface area contributed by atoms with E-state index in [0.717, 1.165) is 6.54 Å². The summed E-state index contributed by atoms with van der Waals surface area (Å²) in [4.78, 5) is 26.0. The Balaban J connectivity index is 4.08. The quantitative estimate of drug-likeness (QED) is 0.556. The fourth-order valence-electron chi connectivity index (χ4n) is 1.09. The number of likely N-dealkylation sites (N-methyl/N-ethyl adjacent to an activating group) is 1. The summed E-state index contributed by atoms with van der Waals surface area (Å²) >= 11 is 0. The summed E-state index contributed by atoms with van der Waals surface area (Å²) in [5, 5.41) is 2.97. The van der Waals surface area contributed by atoms with Crippen molar-refractivity contribution in [3.05, 3.63) is 0 Å². The molecule has 0 spiro atoms. The van der Waals surface area contributed by atoms with E-state index in [9.17, 15) is 9.59 Å². The average molecular weight is 230 g/mol. The molecule has 0 aliphatic heterocycles. The lowest BCUT2D eigenvalue weighted by Crippen LogP contribution is -2.46. The smallest absolute Gasteiger partial charge is 0.235 e. The summed E-state index contributed by atoms with van der Waals surface area (Å²) < 4.78 is 0. The molecule has 1 unspecified atom stereocenters. The van der Waals surface area contributed by atoms with Crippen LogP contribution in [0.25, 0.3) is 0 Å². The number of primary amides is 1. The van der Waals surface area contributed by atoms with Gasteiger partial charge in [0.15, 0.2) is 0 Å². The second-order valence-corrected chi connectivity index (χ2v) is 4.20. The Hall–Kier alpha value is -1.14. The van der Waals surface area contributed by atoms with Gasteiger partial charge >= 0.3 is 0 Å². The first-order valence-corrected chi connectivity index (χ1v) is 5.22. The highest BCUT2D eigenvalue weighted by atomic mass is 16.2. The van der Waals surface area contributed by atoms with Gasteiger partial charge in [-0.05, 0) is 14.1 Å². The molecule has 3 N–H and O–H groups in total. The van der Waals surface area contributed by atoms with E-state index in [1.54, 1.807) is 14.1 Å². The molecule has 0 aromatic heterocycles. The lowest BCUT2D eigenvalue weighted by atomic mass is 10.2. The van der Waals surface area contributed by atoms with Gasteiger partial charge in [-0.15, -0.1) is 0 Å². The van der Waals surface area contributed by atoms with Crippen LogP contribution >= 0.6 is 0 Å². The Kier molecular flexibility index (Phi) is 6.67. The zero-order valence-electron chi connectivity index (χ0n) is 10.5. The fourth-order valence-corrected chi connectivity index (χ4v) is 1.09. The molecule has 0 rings (SSSR count). The van der Waals surface area contributed by atoms with Gasteiger partial charge in [0.05, 0.1) is 12.5 Å². The highest BCUT2D eigenvalue weighted by Gasteiger charge is 2.19. The van der Waals surface area contributed by atoms with Crippen LogP contribution in [0.4, 0.5) is 0 Å². The molecule has 94 valence electrons. The molecule has 6 nitrogen and oxygen atoms in total. The van der Waals surface area contributed by atoms with E-state index >= 15 is 0 Å². The summed E-state index contributed by atoms with van der Waals surface area (Å²) in [7, 11) is 7.18. The minimum Gasteiger partial charge on any atom is -0.368 e. The van der Waals surface area contributed by atoms with E-state index in [0.29, 0.717) is 6.54 Å². The summed E-state index contributed by atoms with van der Waals surface area (Å²) in [6.07, 6.45) is 0.107. The topological polar surface area (TPSA) is 78.7 Å². The number of rotatable bonds is 7. The van der Waals surface area contributed by atoms with Crippen LogP contribution in [0.15, 0.2) is 0 Å². The number of carbonyl (C=O) groups is 2. The van der Waals surface area contributed by atoms with Crippen molar-refractivity contribution in [2.75, 3.05) is 41.3 Å². The van der Waals surface area contributed by atoms with Crippen LogP contribution in [0.2, 0.25) is 0 Å². The molecule has 0 saturated heterocycles. The maximum atomic E-state index is 11.4. The van der Waals surface area contributed by atoms with Crippen molar-refractivity contribution < 1.29 is 9.59 Å². The van der Waals surface area contributed by atoms with Crippen molar-refractivity contribution in [3.8, 4) is 0 Å². The number of nitrogens with one attached hydrogen (secondary N) is 1. The minimum absolute atomic E-state index is 0.107. The second kappa shape index (κ2) is 7.19. The van der Waals surface area contributed by atoms with Crippen LogP contribution < -0.4 is 11.1 Å². The lowest BCUT2D eigenvalue weighted by molar-refractivity contribution is -0.132. The largest absolute Gasteiger partial charge is 0.368 e. The van der Waals surface area contributed by atoms with E-state index in [-0.39, 0.29) is 12.3 Å². The van der Waals surface area contributed by atoms with Gasteiger partial charge < -0.3 is 20.9 Å². The minimum atomic E-state index is -0.588. The third kappa shape index (κ3) is 6.36. The van der Waals surface area contributed by atoms with Crippen LogP contribution in [0.1, 0.15) is 6.42 Å². The van der Waals surface area contributed by atoms with E-state index in [1.807, 2.05) is 19.0 Å². The number of carbonyl (C=O) groups excluding carboxylic acids is 2. The van der Waals surface area contributed by atoms with Crippen molar-refractivity contribution in [1.82, 2.24) is 15.1 Å². The molecule has 2 amide bonds. The Labute approximate surface area is 96.8 Å².